The van der Waals surface area contributed by atoms with Crippen LogP contribution in [0.2, 0.25) is 0 Å². The van der Waals surface area contributed by atoms with Gasteiger partial charge in [-0.2, -0.15) is 0 Å². The molecule has 0 bridgehead atoms. The van der Waals surface area contributed by atoms with E-state index in [2.05, 4.69) is 36.7 Å². The minimum absolute atomic E-state index is 0.0684. The summed E-state index contributed by atoms with van der Waals surface area (Å²) >= 11 is 0. The average molecular weight is 752 g/mol. The van der Waals surface area contributed by atoms with Gasteiger partial charge < -0.3 is 41.3 Å². The highest BCUT2D eigenvalue weighted by Crippen LogP contribution is 2.68. The van der Waals surface area contributed by atoms with E-state index in [0.29, 0.717) is 67.6 Å². The molecule has 4 aliphatic carbocycles. The molecule has 0 heterocycles. The second-order valence-corrected chi connectivity index (χ2v) is 16.5. The number of hydrogen-bond donors (Lipinski definition) is 7. The number of nitrogens with one attached hydrogen (secondary N) is 3. The van der Waals surface area contributed by atoms with Crippen LogP contribution in [0.25, 0.3) is 0 Å². The van der Waals surface area contributed by atoms with Crippen molar-refractivity contribution in [1.29, 1.82) is 0 Å². The van der Waals surface area contributed by atoms with Gasteiger partial charge in [-0.25, -0.2) is 4.79 Å². The summed E-state index contributed by atoms with van der Waals surface area (Å²) in [5, 5.41) is 42.9. The molecule has 0 aliphatic heterocycles. The minimum atomic E-state index is -1.10. The number of nitrogens with zero attached hydrogens (tertiary/aromatic N) is 2. The number of amides is 3. The van der Waals surface area contributed by atoms with E-state index < -0.39 is 24.0 Å². The lowest BCUT2D eigenvalue weighted by Gasteiger charge is -2.61. The predicted molar refractivity (Wildman–Crippen MR) is 197 cm³/mol. The van der Waals surface area contributed by atoms with Crippen molar-refractivity contribution >= 4 is 36.3 Å². The standard InChI is InChI=1S/C27H44N2O4.C11H21N3O6/c1-17(4-9-25(32)33)21-7-8-22-20-6-5-18-14-19(29-24(31)15-28-16-30)10-12-26(18,2)23(20)11-13-27(21,22)3;1-2-13(4-3-12-11(19)20)5-6-14(7-9(15)16)8-10(17)18/h16-23H,4-15H2,1-3H3,(H,28,30)(H,29,31)(H,32,33);12H,2-8H2,1H3,(H,15,16)(H,17,18)(H,19,20)/t17?,18-,19+,20?,21?,22?,23?,26+,27-;/m1./s1. The number of likely N-dealkylation sites (N-methyl/N-ethyl adjacent to an activating group) is 1. The fourth-order valence-corrected chi connectivity index (χ4v) is 11.0. The maximum atomic E-state index is 12.1. The summed E-state index contributed by atoms with van der Waals surface area (Å²) in [5.41, 5.74) is 0.749. The lowest BCUT2D eigenvalue weighted by atomic mass is 9.44. The third kappa shape index (κ3) is 12.3. The maximum absolute atomic E-state index is 12.1. The lowest BCUT2D eigenvalue weighted by Crippen LogP contribution is -2.56. The molecule has 9 atom stereocenters. The SMILES string of the molecule is CC(CCC(=O)O)C1CCC2C3CC[C@@H]4C[C@@H](NC(=O)CNC=O)CC[C@]4(C)C3CC[C@]12C.CCN(CCNC(=O)O)CCN(CC(=O)O)CC(=O)O. The van der Waals surface area contributed by atoms with Crippen molar-refractivity contribution < 1.29 is 49.2 Å². The van der Waals surface area contributed by atoms with Crippen LogP contribution in [0.1, 0.15) is 98.3 Å². The number of aliphatic carboxylic acids is 3. The van der Waals surface area contributed by atoms with Gasteiger partial charge in [0, 0.05) is 38.6 Å². The van der Waals surface area contributed by atoms with Crippen LogP contribution >= 0.6 is 0 Å². The Morgan fingerprint density at radius 2 is 1.45 bits per heavy atom. The second kappa shape index (κ2) is 20.3. The Hall–Kier alpha value is -3.46. The highest BCUT2D eigenvalue weighted by Gasteiger charge is 2.60. The van der Waals surface area contributed by atoms with Gasteiger partial charge in [-0.05, 0) is 117 Å². The molecule has 7 N–H and O–H groups in total. The van der Waals surface area contributed by atoms with Crippen molar-refractivity contribution in [3.63, 3.8) is 0 Å². The molecule has 4 aliphatic rings. The lowest BCUT2D eigenvalue weighted by molar-refractivity contribution is -0.142. The summed E-state index contributed by atoms with van der Waals surface area (Å²) in [6, 6.07) is 0.236. The number of fused-ring (bicyclic) bond motifs is 5. The highest BCUT2D eigenvalue weighted by molar-refractivity contribution is 5.80. The summed E-state index contributed by atoms with van der Waals surface area (Å²) < 4.78 is 0. The smallest absolute Gasteiger partial charge is 0.404 e. The molecule has 5 unspecified atom stereocenters. The zero-order valence-corrected chi connectivity index (χ0v) is 32.2. The van der Waals surface area contributed by atoms with Crippen LogP contribution in [0.5, 0.6) is 0 Å². The van der Waals surface area contributed by atoms with Crippen LogP contribution in [0.4, 0.5) is 4.79 Å². The summed E-state index contributed by atoms with van der Waals surface area (Å²) in [7, 11) is 0. The number of hydrogen-bond acceptors (Lipinski definition) is 8. The molecule has 0 radical (unpaired) electrons. The molecule has 0 saturated heterocycles. The minimum Gasteiger partial charge on any atom is -0.481 e. The van der Waals surface area contributed by atoms with Gasteiger partial charge in [0.2, 0.25) is 12.3 Å². The van der Waals surface area contributed by atoms with E-state index in [4.69, 9.17) is 20.4 Å². The van der Waals surface area contributed by atoms with Crippen LogP contribution < -0.4 is 16.0 Å². The molecule has 4 fully saturated rings. The Bertz CT molecular complexity index is 1250. The van der Waals surface area contributed by atoms with Crippen LogP contribution in [0.3, 0.4) is 0 Å². The van der Waals surface area contributed by atoms with Crippen molar-refractivity contribution in [2.75, 3.05) is 52.4 Å². The Kier molecular flexibility index (Phi) is 16.8. The topological polar surface area (TPSA) is 226 Å². The quantitative estimate of drug-likeness (QED) is 0.0943. The van der Waals surface area contributed by atoms with Gasteiger partial charge in [-0.15, -0.1) is 0 Å². The summed E-state index contributed by atoms with van der Waals surface area (Å²) in [6.45, 7) is 10.8. The molecule has 302 valence electrons. The molecule has 0 aromatic rings. The van der Waals surface area contributed by atoms with Gasteiger partial charge in [0.25, 0.3) is 0 Å². The van der Waals surface area contributed by atoms with Gasteiger partial charge in [0.1, 0.15) is 0 Å². The predicted octanol–water partition coefficient (Wildman–Crippen LogP) is 3.42. The van der Waals surface area contributed by atoms with E-state index in [1.807, 2.05) is 11.8 Å². The number of carboxylic acid groups (broad SMARTS) is 4. The molecule has 53 heavy (non-hydrogen) atoms. The molecule has 0 aromatic heterocycles. The van der Waals surface area contributed by atoms with E-state index in [9.17, 15) is 28.8 Å². The largest absolute Gasteiger partial charge is 0.481 e. The van der Waals surface area contributed by atoms with E-state index in [-0.39, 0.29) is 38.1 Å². The third-order valence-corrected chi connectivity index (χ3v) is 13.6. The van der Waals surface area contributed by atoms with Gasteiger partial charge in [-0.1, -0.05) is 27.7 Å². The van der Waals surface area contributed by atoms with E-state index >= 15 is 0 Å². The number of rotatable bonds is 19. The molecule has 3 amide bonds. The first-order chi connectivity index (χ1) is 25.0. The van der Waals surface area contributed by atoms with E-state index in [0.717, 1.165) is 37.0 Å². The summed E-state index contributed by atoms with van der Waals surface area (Å²) in [5.74, 6) is 1.32. The molecule has 15 heteroatoms. The molecule has 0 aromatic carbocycles. The van der Waals surface area contributed by atoms with Crippen molar-refractivity contribution in [2.45, 2.75) is 104 Å². The monoisotopic (exact) mass is 751 g/mol. The molecule has 0 spiro atoms. The van der Waals surface area contributed by atoms with Crippen molar-refractivity contribution in [1.82, 2.24) is 25.8 Å². The zero-order valence-electron chi connectivity index (χ0n) is 32.2. The van der Waals surface area contributed by atoms with E-state index in [1.54, 1.807) is 0 Å². The molecular weight excluding hydrogens is 686 g/mol. The van der Waals surface area contributed by atoms with Gasteiger partial charge in [0.05, 0.1) is 19.6 Å². The van der Waals surface area contributed by atoms with E-state index in [1.165, 1.54) is 49.8 Å². The van der Waals surface area contributed by atoms with Gasteiger partial charge in [0.15, 0.2) is 0 Å². The van der Waals surface area contributed by atoms with Crippen LogP contribution in [-0.4, -0.2) is 125 Å². The molecule has 4 saturated carbocycles. The number of carbonyl (C=O) groups excluding carboxylic acids is 2. The van der Waals surface area contributed by atoms with Crippen molar-refractivity contribution in [2.24, 2.45) is 46.3 Å². The third-order valence-electron chi connectivity index (χ3n) is 13.6. The first kappa shape index (κ1) is 43.9. The number of carbonyl (C=O) groups is 6. The Morgan fingerprint density at radius 3 is 2.06 bits per heavy atom. The Balaban J connectivity index is 0.000000327. The fraction of sp³-hybridized carbons (Fsp3) is 0.842. The molecule has 4 rings (SSSR count). The zero-order chi connectivity index (χ0) is 39.3. The fourth-order valence-electron chi connectivity index (χ4n) is 11.0. The van der Waals surface area contributed by atoms with Crippen molar-refractivity contribution in [3.8, 4) is 0 Å². The summed E-state index contributed by atoms with van der Waals surface area (Å²) in [4.78, 5) is 68.5. The van der Waals surface area contributed by atoms with Gasteiger partial charge in [-0.3, -0.25) is 28.9 Å². The maximum Gasteiger partial charge on any atom is 0.404 e. The van der Waals surface area contributed by atoms with Crippen LogP contribution in [0, 0.1) is 46.3 Å². The first-order valence-electron chi connectivity index (χ1n) is 19.6. The average Bonchev–Trinajstić information content (AvgIpc) is 3.44. The highest BCUT2D eigenvalue weighted by atomic mass is 16.4. The van der Waals surface area contributed by atoms with Gasteiger partial charge >= 0.3 is 24.0 Å². The Morgan fingerprint density at radius 1 is 0.811 bits per heavy atom. The Labute approximate surface area is 314 Å². The normalized spacial score (nSPS) is 30.8. The number of carboxylic acids is 3. The summed E-state index contributed by atoms with van der Waals surface area (Å²) in [6.07, 6.45) is 11.7. The molecular formula is C38H65N5O10. The molecule has 15 nitrogen and oxygen atoms in total. The van der Waals surface area contributed by atoms with Crippen LogP contribution in [0.15, 0.2) is 0 Å². The first-order valence-corrected chi connectivity index (χ1v) is 19.6. The van der Waals surface area contributed by atoms with Crippen molar-refractivity contribution in [3.05, 3.63) is 0 Å². The van der Waals surface area contributed by atoms with Crippen LogP contribution in [-0.2, 0) is 24.0 Å². The second-order valence-electron chi connectivity index (χ2n) is 16.5.